The van der Waals surface area contributed by atoms with E-state index in [1.165, 1.54) is 0 Å². The molecule has 3 saturated carbocycles. The lowest BCUT2D eigenvalue weighted by molar-refractivity contribution is -0.156. The van der Waals surface area contributed by atoms with Crippen molar-refractivity contribution in [2.24, 2.45) is 16.9 Å². The van der Waals surface area contributed by atoms with Crippen LogP contribution in [0.25, 0.3) is 22.2 Å². The number of benzene rings is 2. The van der Waals surface area contributed by atoms with Crippen LogP contribution in [0.1, 0.15) is 73.7 Å². The Morgan fingerprint density at radius 3 is 2.21 bits per heavy atom. The van der Waals surface area contributed by atoms with Gasteiger partial charge in [-0.05, 0) is 88.6 Å². The van der Waals surface area contributed by atoms with Crippen molar-refractivity contribution in [3.05, 3.63) is 64.1 Å². The molecule has 9 nitrogen and oxygen atoms in total. The Labute approximate surface area is 254 Å². The molecular weight excluding hydrogens is 600 g/mol. The fourth-order valence-corrected chi connectivity index (χ4v) is 6.49. The van der Waals surface area contributed by atoms with Crippen molar-refractivity contribution in [3.63, 3.8) is 0 Å². The molecule has 3 aromatic rings. The van der Waals surface area contributed by atoms with E-state index in [2.05, 4.69) is 21.2 Å². The fourth-order valence-electron chi connectivity index (χ4n) is 6.13. The molecule has 1 heterocycles. The minimum atomic E-state index is -0.933. The van der Waals surface area contributed by atoms with Gasteiger partial charge < -0.3 is 27.0 Å². The summed E-state index contributed by atoms with van der Waals surface area (Å²) in [4.78, 5) is 40.6. The highest BCUT2D eigenvalue weighted by molar-refractivity contribution is 9.10. The quantitative estimate of drug-likeness (QED) is 0.194. The first-order valence-corrected chi connectivity index (χ1v) is 15.2. The lowest BCUT2D eigenvalue weighted by Gasteiger charge is -2.51. The third-order valence-electron chi connectivity index (χ3n) is 8.83. The molecule has 1 amide bonds. The number of hydrogen-bond acceptors (Lipinski definition) is 6. The molecule has 1 atom stereocenters. The molecule has 42 heavy (non-hydrogen) atoms. The van der Waals surface area contributed by atoms with Crippen LogP contribution in [0.5, 0.6) is 0 Å². The van der Waals surface area contributed by atoms with E-state index in [4.69, 9.17) is 21.6 Å². The number of nitrogens with one attached hydrogen (secondary N) is 1. The van der Waals surface area contributed by atoms with E-state index in [0.29, 0.717) is 57.1 Å². The molecular formula is C32H39BrN4O5. The van der Waals surface area contributed by atoms with Crippen molar-refractivity contribution in [2.45, 2.75) is 76.3 Å². The molecule has 2 aromatic carbocycles. The van der Waals surface area contributed by atoms with Gasteiger partial charge in [-0.1, -0.05) is 52.7 Å². The van der Waals surface area contributed by atoms with Crippen LogP contribution in [0.15, 0.2) is 53.0 Å². The highest BCUT2D eigenvalue weighted by Crippen LogP contribution is 2.52. The average molecular weight is 640 g/mol. The zero-order valence-electron chi connectivity index (χ0n) is 23.9. The summed E-state index contributed by atoms with van der Waals surface area (Å²) in [5.41, 5.74) is 13.5. The normalized spacial score (nSPS) is 21.7. The van der Waals surface area contributed by atoms with Crippen molar-refractivity contribution in [3.8, 4) is 11.3 Å². The molecule has 0 spiro atoms. The van der Waals surface area contributed by atoms with Gasteiger partial charge in [0.15, 0.2) is 0 Å². The third kappa shape index (κ3) is 6.82. The summed E-state index contributed by atoms with van der Waals surface area (Å²) in [5, 5.41) is 22.2. The number of carbonyl (C=O) groups is 3. The van der Waals surface area contributed by atoms with E-state index in [1.807, 2.05) is 55.5 Å². The SMILES string of the molecule is Cc1c(-c2ccccc2)nc2ccc(Br)cc2c1C(=O)NC12CCC(C(=O)O)(CC1)CC2.NCCCC[C@H](N)C(=O)O. The van der Waals surface area contributed by atoms with Gasteiger partial charge in [0.05, 0.1) is 22.2 Å². The number of carboxylic acid groups (broad SMARTS) is 2. The molecule has 6 rings (SSSR count). The molecule has 0 saturated heterocycles. The number of hydrogen-bond donors (Lipinski definition) is 5. The largest absolute Gasteiger partial charge is 0.481 e. The van der Waals surface area contributed by atoms with Crippen molar-refractivity contribution >= 4 is 44.7 Å². The zero-order valence-corrected chi connectivity index (χ0v) is 25.5. The zero-order chi connectivity index (χ0) is 30.5. The van der Waals surface area contributed by atoms with E-state index in [1.54, 1.807) is 0 Å². The minimum absolute atomic E-state index is 0.102. The van der Waals surface area contributed by atoms with Gasteiger partial charge in [0, 0.05) is 21.0 Å². The number of amides is 1. The molecule has 1 aromatic heterocycles. The van der Waals surface area contributed by atoms with Crippen LogP contribution in [-0.2, 0) is 9.59 Å². The molecule has 3 aliphatic rings. The number of carbonyl (C=O) groups excluding carboxylic acids is 1. The van der Waals surface area contributed by atoms with Crippen molar-refractivity contribution in [2.75, 3.05) is 6.54 Å². The Kier molecular flexibility index (Phi) is 10.0. The lowest BCUT2D eigenvalue weighted by Crippen LogP contribution is -2.58. The first kappa shape index (κ1) is 31.6. The molecule has 0 radical (unpaired) electrons. The summed E-state index contributed by atoms with van der Waals surface area (Å²) in [7, 11) is 0. The summed E-state index contributed by atoms with van der Waals surface area (Å²) >= 11 is 3.54. The number of rotatable bonds is 9. The Morgan fingerprint density at radius 2 is 1.64 bits per heavy atom. The smallest absolute Gasteiger partial charge is 0.320 e. The molecule has 2 bridgehead atoms. The second kappa shape index (κ2) is 13.3. The van der Waals surface area contributed by atoms with Crippen molar-refractivity contribution < 1.29 is 24.6 Å². The number of halogens is 1. The van der Waals surface area contributed by atoms with Gasteiger partial charge in [0.2, 0.25) is 0 Å². The first-order chi connectivity index (χ1) is 20.0. The maximum atomic E-state index is 13.8. The minimum Gasteiger partial charge on any atom is -0.481 e. The first-order valence-electron chi connectivity index (χ1n) is 14.4. The van der Waals surface area contributed by atoms with Crippen LogP contribution < -0.4 is 16.8 Å². The molecule has 224 valence electrons. The monoisotopic (exact) mass is 638 g/mol. The number of aliphatic carboxylic acids is 2. The summed E-state index contributed by atoms with van der Waals surface area (Å²) in [6.45, 7) is 2.56. The highest BCUT2D eigenvalue weighted by atomic mass is 79.9. The molecule has 3 fully saturated rings. The predicted octanol–water partition coefficient (Wildman–Crippen LogP) is 5.41. The van der Waals surface area contributed by atoms with E-state index in [9.17, 15) is 19.5 Å². The van der Waals surface area contributed by atoms with Gasteiger partial charge >= 0.3 is 11.9 Å². The van der Waals surface area contributed by atoms with Crippen LogP contribution in [0.3, 0.4) is 0 Å². The average Bonchev–Trinajstić information content (AvgIpc) is 2.98. The molecule has 10 heteroatoms. The Bertz CT molecular complexity index is 1440. The fraction of sp³-hybridized carbons (Fsp3) is 0.438. The number of unbranched alkanes of at least 4 members (excludes halogenated alkanes) is 1. The van der Waals surface area contributed by atoms with E-state index >= 15 is 0 Å². The Balaban J connectivity index is 0.000000349. The van der Waals surface area contributed by atoms with E-state index in [0.717, 1.165) is 45.0 Å². The number of nitrogens with zero attached hydrogens (tertiary/aromatic N) is 1. The van der Waals surface area contributed by atoms with Crippen LogP contribution in [0, 0.1) is 12.3 Å². The Hall–Kier alpha value is -3.34. The maximum absolute atomic E-state index is 13.8. The van der Waals surface area contributed by atoms with Crippen LogP contribution >= 0.6 is 15.9 Å². The highest BCUT2D eigenvalue weighted by Gasteiger charge is 2.53. The number of aromatic nitrogens is 1. The third-order valence-corrected chi connectivity index (χ3v) is 9.32. The molecule has 7 N–H and O–H groups in total. The van der Waals surface area contributed by atoms with Crippen molar-refractivity contribution in [1.29, 1.82) is 0 Å². The van der Waals surface area contributed by atoms with E-state index in [-0.39, 0.29) is 11.4 Å². The van der Waals surface area contributed by atoms with E-state index < -0.39 is 23.4 Å². The van der Waals surface area contributed by atoms with Gasteiger partial charge in [-0.3, -0.25) is 14.4 Å². The standard InChI is InChI=1S/C26H25BrN2O3.C6H14N2O2/c1-16-21(23(30)29-26-12-9-25(10-13-26,11-14-26)24(31)32)19-15-18(27)7-8-20(19)28-22(16)17-5-3-2-4-6-17;7-4-2-1-3-5(8)6(9)10/h2-8,15H,9-14H2,1H3,(H,29,30)(H,31,32);5H,1-4,7-8H2,(H,9,10)/t;5-/m.0/s1. The summed E-state index contributed by atoms with van der Waals surface area (Å²) in [6.07, 6.45) is 6.17. The van der Waals surface area contributed by atoms with Crippen LogP contribution in [0.4, 0.5) is 0 Å². The number of fused-ring (bicyclic) bond motifs is 4. The topological polar surface area (TPSA) is 169 Å². The molecule has 0 unspecified atom stereocenters. The van der Waals surface area contributed by atoms with Gasteiger partial charge in [0.25, 0.3) is 5.91 Å². The van der Waals surface area contributed by atoms with Gasteiger partial charge in [0.1, 0.15) is 6.04 Å². The summed E-state index contributed by atoms with van der Waals surface area (Å²) in [5.74, 6) is -1.72. The molecule has 0 aliphatic heterocycles. The predicted molar refractivity (Wildman–Crippen MR) is 166 cm³/mol. The van der Waals surface area contributed by atoms with Gasteiger partial charge in [-0.25, -0.2) is 4.98 Å². The Morgan fingerprint density at radius 1 is 1.00 bits per heavy atom. The van der Waals surface area contributed by atoms with Gasteiger partial charge in [-0.15, -0.1) is 0 Å². The number of pyridine rings is 1. The lowest BCUT2D eigenvalue weighted by atomic mass is 9.57. The second-order valence-corrected chi connectivity index (χ2v) is 12.5. The number of carboxylic acids is 2. The number of nitrogens with two attached hydrogens (primary N) is 2. The van der Waals surface area contributed by atoms with Crippen LogP contribution in [-0.4, -0.2) is 51.2 Å². The van der Waals surface area contributed by atoms with Crippen molar-refractivity contribution in [1.82, 2.24) is 10.3 Å². The second-order valence-electron chi connectivity index (χ2n) is 11.5. The summed E-state index contributed by atoms with van der Waals surface area (Å²) in [6, 6.07) is 15.0. The van der Waals surface area contributed by atoms with Gasteiger partial charge in [-0.2, -0.15) is 0 Å². The summed E-state index contributed by atoms with van der Waals surface area (Å²) < 4.78 is 0.896. The van der Waals surface area contributed by atoms with Crippen LogP contribution in [0.2, 0.25) is 0 Å². The maximum Gasteiger partial charge on any atom is 0.320 e. The molecule has 3 aliphatic carbocycles.